The number of nitrogen functional groups attached to an aromatic ring is 1. The van der Waals surface area contributed by atoms with Crippen LogP contribution in [0.25, 0.3) is 0 Å². The van der Waals surface area contributed by atoms with Crippen LogP contribution in [-0.2, 0) is 0 Å². The molecule has 0 saturated carbocycles. The Hall–Kier alpha value is -1.71. The number of carbonyl (C=O) groups excluding carboxylic acids is 1. The summed E-state index contributed by atoms with van der Waals surface area (Å²) in [6, 6.07) is 7.54. The smallest absolute Gasteiger partial charge is 0.322 e. The van der Waals surface area contributed by atoms with Crippen molar-refractivity contribution in [1.82, 2.24) is 4.90 Å². The van der Waals surface area contributed by atoms with Gasteiger partial charge in [0.1, 0.15) is 0 Å². The molecule has 17 heavy (non-hydrogen) atoms. The summed E-state index contributed by atoms with van der Waals surface area (Å²) in [5.74, 6) is 0. The highest BCUT2D eigenvalue weighted by atomic mass is 16.2. The molecule has 4 nitrogen and oxygen atoms in total. The Bertz CT molecular complexity index is 388. The lowest BCUT2D eigenvalue weighted by Gasteiger charge is -2.33. The number of benzene rings is 1. The van der Waals surface area contributed by atoms with Crippen molar-refractivity contribution in [3.8, 4) is 0 Å². The van der Waals surface area contributed by atoms with E-state index in [1.165, 1.54) is 6.42 Å². The van der Waals surface area contributed by atoms with Crippen LogP contribution >= 0.6 is 0 Å². The zero-order valence-corrected chi connectivity index (χ0v) is 10.1. The van der Waals surface area contributed by atoms with Crippen molar-refractivity contribution in [2.45, 2.75) is 32.2 Å². The molecule has 92 valence electrons. The number of nitrogens with one attached hydrogen (secondary N) is 1. The highest BCUT2D eigenvalue weighted by Crippen LogP contribution is 2.18. The quantitative estimate of drug-likeness (QED) is 0.733. The molecule has 1 fully saturated rings. The van der Waals surface area contributed by atoms with Gasteiger partial charge in [-0.25, -0.2) is 4.79 Å². The largest absolute Gasteiger partial charge is 0.399 e. The van der Waals surface area contributed by atoms with Crippen molar-refractivity contribution in [3.63, 3.8) is 0 Å². The number of nitrogens with two attached hydrogens (primary N) is 1. The number of likely N-dealkylation sites (tertiary alicyclic amines) is 1. The summed E-state index contributed by atoms with van der Waals surface area (Å²) in [4.78, 5) is 13.9. The molecule has 1 unspecified atom stereocenters. The van der Waals surface area contributed by atoms with Gasteiger partial charge >= 0.3 is 6.03 Å². The van der Waals surface area contributed by atoms with Crippen molar-refractivity contribution in [3.05, 3.63) is 24.3 Å². The predicted octanol–water partition coefficient (Wildman–Crippen LogP) is 2.68. The second kappa shape index (κ2) is 5.08. The van der Waals surface area contributed by atoms with E-state index in [1.807, 2.05) is 17.0 Å². The van der Waals surface area contributed by atoms with E-state index in [0.717, 1.165) is 25.1 Å². The van der Waals surface area contributed by atoms with E-state index in [1.54, 1.807) is 12.1 Å². The van der Waals surface area contributed by atoms with Crippen LogP contribution in [0.2, 0.25) is 0 Å². The summed E-state index contributed by atoms with van der Waals surface area (Å²) in [5, 5.41) is 2.90. The van der Waals surface area contributed by atoms with Gasteiger partial charge in [-0.05, 0) is 50.5 Å². The monoisotopic (exact) mass is 233 g/mol. The van der Waals surface area contributed by atoms with Gasteiger partial charge in [0, 0.05) is 24.0 Å². The van der Waals surface area contributed by atoms with E-state index in [0.29, 0.717) is 11.7 Å². The number of urea groups is 1. The van der Waals surface area contributed by atoms with Crippen molar-refractivity contribution < 1.29 is 4.79 Å². The molecule has 0 spiro atoms. The molecule has 1 aliphatic heterocycles. The van der Waals surface area contributed by atoms with Crippen LogP contribution in [0.5, 0.6) is 0 Å². The molecule has 2 amide bonds. The zero-order chi connectivity index (χ0) is 12.3. The van der Waals surface area contributed by atoms with E-state index in [9.17, 15) is 4.79 Å². The third-order valence-corrected chi connectivity index (χ3v) is 3.23. The molecular formula is C13H19N3O. The third-order valence-electron chi connectivity index (χ3n) is 3.23. The van der Waals surface area contributed by atoms with E-state index in [-0.39, 0.29) is 6.03 Å². The van der Waals surface area contributed by atoms with Gasteiger partial charge in [0.05, 0.1) is 0 Å². The highest BCUT2D eigenvalue weighted by Gasteiger charge is 2.22. The van der Waals surface area contributed by atoms with Gasteiger partial charge in [0.15, 0.2) is 0 Å². The van der Waals surface area contributed by atoms with E-state index in [4.69, 9.17) is 5.73 Å². The van der Waals surface area contributed by atoms with Crippen molar-refractivity contribution in [2.75, 3.05) is 17.6 Å². The van der Waals surface area contributed by atoms with Gasteiger partial charge in [-0.2, -0.15) is 0 Å². The molecule has 1 aromatic carbocycles. The zero-order valence-electron chi connectivity index (χ0n) is 10.1. The maximum Gasteiger partial charge on any atom is 0.322 e. The number of piperidine rings is 1. The molecular weight excluding hydrogens is 214 g/mol. The molecule has 1 aliphatic rings. The van der Waals surface area contributed by atoms with Crippen LogP contribution in [-0.4, -0.2) is 23.5 Å². The number of nitrogens with zero attached hydrogens (tertiary/aromatic N) is 1. The minimum absolute atomic E-state index is 0.0121. The Kier molecular flexibility index (Phi) is 3.52. The molecule has 1 aromatic rings. The molecule has 0 radical (unpaired) electrons. The number of hydrogen-bond donors (Lipinski definition) is 2. The Labute approximate surface area is 102 Å². The maximum atomic E-state index is 12.0. The minimum Gasteiger partial charge on any atom is -0.399 e. The summed E-state index contributed by atoms with van der Waals surface area (Å²) in [7, 11) is 0. The molecule has 1 heterocycles. The number of carbonyl (C=O) groups is 1. The van der Waals surface area contributed by atoms with Gasteiger partial charge in [-0.15, -0.1) is 0 Å². The summed E-state index contributed by atoms with van der Waals surface area (Å²) in [6.07, 6.45) is 3.40. The Morgan fingerprint density at radius 3 is 2.71 bits per heavy atom. The second-order valence-electron chi connectivity index (χ2n) is 4.59. The summed E-state index contributed by atoms with van der Waals surface area (Å²) < 4.78 is 0. The first-order chi connectivity index (χ1) is 8.16. The van der Waals surface area contributed by atoms with Crippen molar-refractivity contribution >= 4 is 17.4 Å². The van der Waals surface area contributed by atoms with Crippen LogP contribution < -0.4 is 11.1 Å². The summed E-state index contributed by atoms with van der Waals surface area (Å²) in [6.45, 7) is 2.95. The lowest BCUT2D eigenvalue weighted by atomic mass is 10.0. The third kappa shape index (κ3) is 2.90. The van der Waals surface area contributed by atoms with E-state index in [2.05, 4.69) is 12.2 Å². The first-order valence-corrected chi connectivity index (χ1v) is 6.10. The number of hydrogen-bond acceptors (Lipinski definition) is 2. The second-order valence-corrected chi connectivity index (χ2v) is 4.59. The van der Waals surface area contributed by atoms with E-state index >= 15 is 0 Å². The summed E-state index contributed by atoms with van der Waals surface area (Å²) in [5.41, 5.74) is 7.10. The molecule has 0 bridgehead atoms. The van der Waals surface area contributed by atoms with Crippen LogP contribution in [0, 0.1) is 0 Å². The van der Waals surface area contributed by atoms with Gasteiger partial charge in [-0.1, -0.05) is 0 Å². The Morgan fingerprint density at radius 2 is 2.06 bits per heavy atom. The normalized spacial score (nSPS) is 20.1. The van der Waals surface area contributed by atoms with Crippen LogP contribution in [0.1, 0.15) is 26.2 Å². The number of amides is 2. The van der Waals surface area contributed by atoms with E-state index < -0.39 is 0 Å². The first kappa shape index (κ1) is 11.8. The fourth-order valence-corrected chi connectivity index (χ4v) is 2.16. The Balaban J connectivity index is 1.98. The van der Waals surface area contributed by atoms with Crippen molar-refractivity contribution in [1.29, 1.82) is 0 Å². The average Bonchev–Trinajstić information content (AvgIpc) is 2.32. The first-order valence-electron chi connectivity index (χ1n) is 6.10. The molecule has 2 rings (SSSR count). The maximum absolute atomic E-state index is 12.0. The number of anilines is 2. The molecule has 1 saturated heterocycles. The molecule has 0 aromatic heterocycles. The van der Waals surface area contributed by atoms with Gasteiger partial charge in [-0.3, -0.25) is 0 Å². The topological polar surface area (TPSA) is 58.4 Å². The van der Waals surface area contributed by atoms with Crippen LogP contribution in [0.4, 0.5) is 16.2 Å². The fourth-order valence-electron chi connectivity index (χ4n) is 2.16. The molecule has 0 aliphatic carbocycles. The SMILES string of the molecule is CC1CCCCN1C(=O)Nc1ccc(N)cc1. The van der Waals surface area contributed by atoms with Gasteiger partial charge < -0.3 is 16.0 Å². The van der Waals surface area contributed by atoms with Crippen molar-refractivity contribution in [2.24, 2.45) is 0 Å². The van der Waals surface area contributed by atoms with Gasteiger partial charge in [0.2, 0.25) is 0 Å². The van der Waals surface area contributed by atoms with Crippen LogP contribution in [0.3, 0.4) is 0 Å². The molecule has 4 heteroatoms. The summed E-state index contributed by atoms with van der Waals surface area (Å²) >= 11 is 0. The fraction of sp³-hybridized carbons (Fsp3) is 0.462. The van der Waals surface area contributed by atoms with Gasteiger partial charge in [0.25, 0.3) is 0 Å². The lowest BCUT2D eigenvalue weighted by molar-refractivity contribution is 0.170. The lowest BCUT2D eigenvalue weighted by Crippen LogP contribution is -2.44. The standard InChI is InChI=1S/C13H19N3O/c1-10-4-2-3-9-16(10)13(17)15-12-7-5-11(14)6-8-12/h5-8,10H,2-4,9,14H2,1H3,(H,15,17). The van der Waals surface area contributed by atoms with Crippen LogP contribution in [0.15, 0.2) is 24.3 Å². The molecule has 3 N–H and O–H groups in total. The predicted molar refractivity (Wildman–Crippen MR) is 69.9 cm³/mol. The average molecular weight is 233 g/mol. The molecule has 1 atom stereocenters. The minimum atomic E-state index is -0.0121. The highest BCUT2D eigenvalue weighted by molar-refractivity contribution is 5.89. The number of rotatable bonds is 1. The Morgan fingerprint density at radius 1 is 1.35 bits per heavy atom.